The lowest BCUT2D eigenvalue weighted by Gasteiger charge is -2.03. The van der Waals surface area contributed by atoms with Crippen molar-refractivity contribution < 1.29 is 0 Å². The van der Waals surface area contributed by atoms with Gasteiger partial charge in [0.15, 0.2) is 0 Å². The molecule has 0 aromatic heterocycles. The fraction of sp³-hybridized carbons (Fsp3) is 0.0625. The van der Waals surface area contributed by atoms with Crippen molar-refractivity contribution in [3.8, 4) is 0 Å². The second kappa shape index (κ2) is 5.86. The minimum atomic E-state index is -0.101. The number of benzene rings is 2. The van der Waals surface area contributed by atoms with Crippen molar-refractivity contribution in [1.82, 2.24) is 0 Å². The molecule has 2 aromatic rings. The highest BCUT2D eigenvalue weighted by Gasteiger charge is 1.98. The molecule has 0 bridgehead atoms. The minimum absolute atomic E-state index is 0.101. The first-order chi connectivity index (χ1) is 8.36. The van der Waals surface area contributed by atoms with Crippen LogP contribution in [0, 0.1) is 0 Å². The van der Waals surface area contributed by atoms with Crippen LogP contribution in [0.3, 0.4) is 0 Å². The molecular formula is C16H15N. The largest absolute Gasteiger partial charge is 0.320 e. The topological polar surface area (TPSA) is 26.0 Å². The number of hydrogen-bond acceptors (Lipinski definition) is 1. The molecule has 0 radical (unpaired) electrons. The molecule has 0 heterocycles. The van der Waals surface area contributed by atoms with Gasteiger partial charge in [0.1, 0.15) is 0 Å². The van der Waals surface area contributed by atoms with Crippen LogP contribution in [0.25, 0.3) is 6.08 Å². The molecule has 0 fully saturated rings. The summed E-state index contributed by atoms with van der Waals surface area (Å²) in [5, 5.41) is 0. The van der Waals surface area contributed by atoms with Crippen LogP contribution in [0.5, 0.6) is 0 Å². The zero-order chi connectivity index (χ0) is 11.9. The van der Waals surface area contributed by atoms with E-state index >= 15 is 0 Å². The fourth-order valence-electron chi connectivity index (χ4n) is 1.57. The van der Waals surface area contributed by atoms with E-state index in [2.05, 4.69) is 5.73 Å². The second-order valence-electron chi connectivity index (χ2n) is 3.82. The van der Waals surface area contributed by atoms with E-state index in [9.17, 15) is 0 Å². The van der Waals surface area contributed by atoms with Crippen LogP contribution in [0.4, 0.5) is 0 Å². The summed E-state index contributed by atoms with van der Waals surface area (Å²) < 4.78 is 0. The smallest absolute Gasteiger partial charge is 0.0556 e. The van der Waals surface area contributed by atoms with Crippen LogP contribution in [-0.4, -0.2) is 0 Å². The summed E-state index contributed by atoms with van der Waals surface area (Å²) in [6.07, 6.45) is 3.81. The standard InChI is InChI=1S/C16H15N/c17-16(15-11-5-2-6-12-15)13-7-10-14-8-3-1-4-9-14/h1-6,8-13,16H,17H2. The molecule has 1 atom stereocenters. The van der Waals surface area contributed by atoms with Gasteiger partial charge in [0, 0.05) is 0 Å². The van der Waals surface area contributed by atoms with Crippen molar-refractivity contribution in [2.45, 2.75) is 6.04 Å². The first-order valence-electron chi connectivity index (χ1n) is 5.64. The molecule has 0 aliphatic carbocycles. The Morgan fingerprint density at radius 3 is 2.12 bits per heavy atom. The van der Waals surface area contributed by atoms with Gasteiger partial charge in [-0.1, -0.05) is 60.7 Å². The van der Waals surface area contributed by atoms with Crippen LogP contribution in [0.15, 0.2) is 72.5 Å². The van der Waals surface area contributed by atoms with Gasteiger partial charge in [-0.15, -0.1) is 5.73 Å². The van der Waals surface area contributed by atoms with Gasteiger partial charge in [0.25, 0.3) is 0 Å². The second-order valence-corrected chi connectivity index (χ2v) is 3.82. The highest BCUT2D eigenvalue weighted by molar-refractivity contribution is 5.48. The van der Waals surface area contributed by atoms with Gasteiger partial charge >= 0.3 is 0 Å². The molecule has 17 heavy (non-hydrogen) atoms. The molecule has 2 rings (SSSR count). The zero-order valence-corrected chi connectivity index (χ0v) is 9.58. The molecule has 2 aromatic carbocycles. The maximum absolute atomic E-state index is 6.02. The van der Waals surface area contributed by atoms with Crippen molar-refractivity contribution >= 4 is 6.08 Å². The molecular weight excluding hydrogens is 206 g/mol. The van der Waals surface area contributed by atoms with E-state index < -0.39 is 0 Å². The van der Waals surface area contributed by atoms with Crippen molar-refractivity contribution in [1.29, 1.82) is 0 Å². The van der Waals surface area contributed by atoms with Crippen LogP contribution in [-0.2, 0) is 0 Å². The number of hydrogen-bond donors (Lipinski definition) is 1. The highest BCUT2D eigenvalue weighted by atomic mass is 14.6. The summed E-state index contributed by atoms with van der Waals surface area (Å²) in [7, 11) is 0. The van der Waals surface area contributed by atoms with E-state index in [1.807, 2.05) is 72.8 Å². The summed E-state index contributed by atoms with van der Waals surface area (Å²) in [6.45, 7) is 0. The van der Waals surface area contributed by atoms with Crippen molar-refractivity contribution in [2.24, 2.45) is 5.73 Å². The van der Waals surface area contributed by atoms with Gasteiger partial charge in [-0.05, 0) is 23.3 Å². The summed E-state index contributed by atoms with van der Waals surface area (Å²) in [5.74, 6) is 0. The maximum atomic E-state index is 6.02. The molecule has 0 spiro atoms. The Morgan fingerprint density at radius 2 is 1.47 bits per heavy atom. The third kappa shape index (κ3) is 3.46. The summed E-state index contributed by atoms with van der Waals surface area (Å²) in [5.41, 5.74) is 11.4. The monoisotopic (exact) mass is 221 g/mol. The summed E-state index contributed by atoms with van der Waals surface area (Å²) >= 11 is 0. The quantitative estimate of drug-likeness (QED) is 0.788. The molecule has 0 amide bonds. The maximum Gasteiger partial charge on any atom is 0.0556 e. The number of nitrogens with two attached hydrogens (primary N) is 1. The van der Waals surface area contributed by atoms with Gasteiger partial charge < -0.3 is 5.73 Å². The molecule has 1 nitrogen and oxygen atoms in total. The molecule has 0 aliphatic rings. The van der Waals surface area contributed by atoms with E-state index in [0.717, 1.165) is 11.1 Å². The normalized spacial score (nSPS) is 11.4. The van der Waals surface area contributed by atoms with Gasteiger partial charge in [0.2, 0.25) is 0 Å². The van der Waals surface area contributed by atoms with Gasteiger partial charge in [-0.25, -0.2) is 0 Å². The third-order valence-corrected chi connectivity index (χ3v) is 2.51. The first-order valence-corrected chi connectivity index (χ1v) is 5.64. The Kier molecular flexibility index (Phi) is 3.93. The lowest BCUT2D eigenvalue weighted by atomic mass is 10.1. The Hall–Kier alpha value is -2.08. The lowest BCUT2D eigenvalue weighted by molar-refractivity contribution is 0.913. The summed E-state index contributed by atoms with van der Waals surface area (Å²) in [6, 6.07) is 20.0. The van der Waals surface area contributed by atoms with Crippen LogP contribution >= 0.6 is 0 Å². The van der Waals surface area contributed by atoms with E-state index in [-0.39, 0.29) is 6.04 Å². The fourth-order valence-corrected chi connectivity index (χ4v) is 1.57. The van der Waals surface area contributed by atoms with Crippen molar-refractivity contribution in [3.05, 3.63) is 83.6 Å². The Labute approximate surface area is 102 Å². The zero-order valence-electron chi connectivity index (χ0n) is 9.58. The van der Waals surface area contributed by atoms with E-state index in [1.54, 1.807) is 0 Å². The van der Waals surface area contributed by atoms with Crippen LogP contribution in [0.2, 0.25) is 0 Å². The highest BCUT2D eigenvalue weighted by Crippen LogP contribution is 2.10. The molecule has 0 saturated carbocycles. The lowest BCUT2D eigenvalue weighted by Crippen LogP contribution is -2.05. The van der Waals surface area contributed by atoms with Crippen molar-refractivity contribution in [2.75, 3.05) is 0 Å². The Morgan fingerprint density at radius 1 is 0.882 bits per heavy atom. The predicted octanol–water partition coefficient (Wildman–Crippen LogP) is 3.55. The summed E-state index contributed by atoms with van der Waals surface area (Å²) in [4.78, 5) is 0. The molecule has 0 saturated heterocycles. The number of rotatable bonds is 3. The molecule has 1 unspecified atom stereocenters. The first kappa shape index (κ1) is 11.4. The van der Waals surface area contributed by atoms with Crippen LogP contribution < -0.4 is 5.73 Å². The van der Waals surface area contributed by atoms with Crippen molar-refractivity contribution in [3.63, 3.8) is 0 Å². The van der Waals surface area contributed by atoms with Gasteiger partial charge in [-0.2, -0.15) is 0 Å². The van der Waals surface area contributed by atoms with E-state index in [4.69, 9.17) is 5.73 Å². The van der Waals surface area contributed by atoms with E-state index in [1.165, 1.54) is 0 Å². The van der Waals surface area contributed by atoms with Crippen LogP contribution in [0.1, 0.15) is 17.2 Å². The molecule has 0 aliphatic heterocycles. The average Bonchev–Trinajstić information content (AvgIpc) is 2.41. The van der Waals surface area contributed by atoms with E-state index in [0.29, 0.717) is 0 Å². The molecule has 2 N–H and O–H groups in total. The average molecular weight is 221 g/mol. The SMILES string of the molecule is NC(C=C=Cc1ccccc1)c1ccccc1. The third-order valence-electron chi connectivity index (χ3n) is 2.51. The predicted molar refractivity (Wildman–Crippen MR) is 72.4 cm³/mol. The minimum Gasteiger partial charge on any atom is -0.320 e. The van der Waals surface area contributed by atoms with Gasteiger partial charge in [0.05, 0.1) is 6.04 Å². The molecule has 84 valence electrons. The Bertz CT molecular complexity index is 508. The van der Waals surface area contributed by atoms with Gasteiger partial charge in [-0.3, -0.25) is 0 Å². The Balaban J connectivity index is 2.09. The molecule has 1 heteroatoms.